The monoisotopic (exact) mass is 442 g/mol. The van der Waals surface area contributed by atoms with Gasteiger partial charge in [0.2, 0.25) is 5.91 Å². The zero-order chi connectivity index (χ0) is 22.5. The number of carbonyl (C=O) groups excluding carboxylic acids is 1. The van der Waals surface area contributed by atoms with Crippen molar-refractivity contribution >= 4 is 11.9 Å². The second kappa shape index (κ2) is 10.7. The SMILES string of the molecule is O=C(O)CCC(=O)N(CCN1[C@@H]2CC[C@H]1C[C@@H](c1cccc(O)c1)C2)CC1CCCCC1. The maximum Gasteiger partial charge on any atom is 0.303 e. The van der Waals surface area contributed by atoms with Gasteiger partial charge < -0.3 is 15.1 Å². The van der Waals surface area contributed by atoms with Gasteiger partial charge in [-0.1, -0.05) is 31.4 Å². The summed E-state index contributed by atoms with van der Waals surface area (Å²) in [5, 5.41) is 18.9. The Morgan fingerprint density at radius 2 is 1.72 bits per heavy atom. The molecule has 1 aromatic carbocycles. The number of aromatic hydroxyl groups is 1. The molecule has 0 radical (unpaired) electrons. The molecule has 176 valence electrons. The van der Waals surface area contributed by atoms with Crippen LogP contribution in [0.2, 0.25) is 0 Å². The van der Waals surface area contributed by atoms with Crippen molar-refractivity contribution in [1.82, 2.24) is 9.80 Å². The Morgan fingerprint density at radius 3 is 2.38 bits per heavy atom. The maximum absolute atomic E-state index is 12.9. The van der Waals surface area contributed by atoms with E-state index in [-0.39, 0.29) is 18.7 Å². The summed E-state index contributed by atoms with van der Waals surface area (Å²) in [5.74, 6) is 0.496. The fourth-order valence-corrected chi connectivity index (χ4v) is 6.30. The van der Waals surface area contributed by atoms with Crippen LogP contribution in [-0.4, -0.2) is 63.6 Å². The number of hydrogen-bond acceptors (Lipinski definition) is 4. The van der Waals surface area contributed by atoms with Crippen molar-refractivity contribution in [2.24, 2.45) is 5.92 Å². The van der Waals surface area contributed by atoms with Crippen molar-refractivity contribution in [3.63, 3.8) is 0 Å². The van der Waals surface area contributed by atoms with E-state index in [0.717, 1.165) is 25.9 Å². The third-order valence-electron chi connectivity index (χ3n) is 7.96. The van der Waals surface area contributed by atoms with Gasteiger partial charge in [0, 0.05) is 38.1 Å². The molecule has 1 aliphatic carbocycles. The lowest BCUT2D eigenvalue weighted by molar-refractivity contribution is -0.141. The van der Waals surface area contributed by atoms with Crippen LogP contribution in [0, 0.1) is 5.92 Å². The van der Waals surface area contributed by atoms with Crippen LogP contribution in [0.3, 0.4) is 0 Å². The molecule has 6 nitrogen and oxygen atoms in total. The molecule has 0 aromatic heterocycles. The maximum atomic E-state index is 12.9. The Balaban J connectivity index is 1.35. The summed E-state index contributed by atoms with van der Waals surface area (Å²) >= 11 is 0. The lowest BCUT2D eigenvalue weighted by Gasteiger charge is -2.40. The molecule has 3 aliphatic rings. The third-order valence-corrected chi connectivity index (χ3v) is 7.96. The highest BCUT2D eigenvalue weighted by Crippen LogP contribution is 2.43. The van der Waals surface area contributed by atoms with Gasteiger partial charge in [-0.3, -0.25) is 14.5 Å². The molecule has 2 N–H and O–H groups in total. The van der Waals surface area contributed by atoms with Crippen molar-refractivity contribution < 1.29 is 19.8 Å². The average Bonchev–Trinajstić information content (AvgIpc) is 3.02. The molecule has 1 amide bonds. The molecule has 2 bridgehead atoms. The fraction of sp³-hybridized carbons (Fsp3) is 0.692. The van der Waals surface area contributed by atoms with E-state index in [9.17, 15) is 14.7 Å². The molecule has 3 atom stereocenters. The molecule has 2 saturated heterocycles. The van der Waals surface area contributed by atoms with E-state index >= 15 is 0 Å². The Labute approximate surface area is 191 Å². The van der Waals surface area contributed by atoms with E-state index in [1.54, 1.807) is 6.07 Å². The number of phenolic OH excluding ortho intramolecular Hbond substituents is 1. The summed E-state index contributed by atoms with van der Waals surface area (Å²) in [5.41, 5.74) is 1.24. The van der Waals surface area contributed by atoms with E-state index in [0.29, 0.717) is 36.2 Å². The van der Waals surface area contributed by atoms with Gasteiger partial charge in [0.15, 0.2) is 0 Å². The summed E-state index contributed by atoms with van der Waals surface area (Å²) in [6.45, 7) is 2.37. The Morgan fingerprint density at radius 1 is 1.00 bits per heavy atom. The second-order valence-electron chi connectivity index (χ2n) is 10.1. The zero-order valence-corrected chi connectivity index (χ0v) is 19.1. The fourth-order valence-electron chi connectivity index (χ4n) is 6.30. The highest BCUT2D eigenvalue weighted by Gasteiger charge is 2.41. The number of carboxylic acid groups (broad SMARTS) is 1. The minimum atomic E-state index is -0.900. The van der Waals surface area contributed by atoms with E-state index in [1.807, 2.05) is 17.0 Å². The first-order chi connectivity index (χ1) is 15.5. The molecule has 3 fully saturated rings. The van der Waals surface area contributed by atoms with Crippen LogP contribution >= 0.6 is 0 Å². The molecule has 4 rings (SSSR count). The highest BCUT2D eigenvalue weighted by molar-refractivity contribution is 5.80. The largest absolute Gasteiger partial charge is 0.508 e. The van der Waals surface area contributed by atoms with Crippen molar-refractivity contribution in [1.29, 1.82) is 0 Å². The number of fused-ring (bicyclic) bond motifs is 2. The van der Waals surface area contributed by atoms with Gasteiger partial charge in [-0.15, -0.1) is 0 Å². The van der Waals surface area contributed by atoms with Crippen molar-refractivity contribution in [3.05, 3.63) is 29.8 Å². The summed E-state index contributed by atoms with van der Waals surface area (Å²) in [4.78, 5) is 28.4. The smallest absolute Gasteiger partial charge is 0.303 e. The number of carbonyl (C=O) groups is 2. The van der Waals surface area contributed by atoms with E-state index in [2.05, 4.69) is 11.0 Å². The quantitative estimate of drug-likeness (QED) is 0.593. The van der Waals surface area contributed by atoms with Gasteiger partial charge in [-0.05, 0) is 68.1 Å². The van der Waals surface area contributed by atoms with Gasteiger partial charge in [0.1, 0.15) is 5.75 Å². The second-order valence-corrected chi connectivity index (χ2v) is 10.1. The Kier molecular flexibility index (Phi) is 7.71. The van der Waals surface area contributed by atoms with Crippen LogP contribution in [0.4, 0.5) is 0 Å². The van der Waals surface area contributed by atoms with Gasteiger partial charge >= 0.3 is 5.97 Å². The number of amides is 1. The van der Waals surface area contributed by atoms with Crippen LogP contribution in [0.1, 0.15) is 82.1 Å². The molecule has 2 heterocycles. The minimum Gasteiger partial charge on any atom is -0.508 e. The summed E-state index contributed by atoms with van der Waals surface area (Å²) in [7, 11) is 0. The number of nitrogens with zero attached hydrogens (tertiary/aromatic N) is 2. The molecule has 0 unspecified atom stereocenters. The minimum absolute atomic E-state index is 0.0000304. The van der Waals surface area contributed by atoms with Gasteiger partial charge in [0.25, 0.3) is 0 Å². The number of aliphatic carboxylic acids is 1. The third kappa shape index (κ3) is 5.83. The molecule has 1 saturated carbocycles. The zero-order valence-electron chi connectivity index (χ0n) is 19.1. The summed E-state index contributed by atoms with van der Waals surface area (Å²) in [6.07, 6.45) is 10.8. The number of hydrogen-bond donors (Lipinski definition) is 2. The van der Waals surface area contributed by atoms with Crippen molar-refractivity contribution in [2.45, 2.75) is 88.6 Å². The lowest BCUT2D eigenvalue weighted by atomic mass is 9.85. The molecule has 1 aromatic rings. The standard InChI is InChI=1S/C26H38N2O4/c29-24-8-4-7-20(17-24)21-15-22-9-10-23(16-21)28(22)14-13-27(25(30)11-12-26(31)32)18-19-5-2-1-3-6-19/h4,7-8,17,19,21-23,29H,1-3,5-6,9-16,18H2,(H,31,32)/t21-,22+,23-. The molecular weight excluding hydrogens is 404 g/mol. The van der Waals surface area contributed by atoms with Crippen LogP contribution in [0.25, 0.3) is 0 Å². The van der Waals surface area contributed by atoms with Gasteiger partial charge in [-0.25, -0.2) is 0 Å². The Hall–Kier alpha value is -2.08. The van der Waals surface area contributed by atoms with Crippen LogP contribution < -0.4 is 0 Å². The first kappa shape index (κ1) is 23.1. The van der Waals surface area contributed by atoms with Crippen LogP contribution in [-0.2, 0) is 9.59 Å². The molecular formula is C26H38N2O4. The molecule has 6 heteroatoms. The lowest BCUT2D eigenvalue weighted by Crippen LogP contribution is -2.47. The molecule has 2 aliphatic heterocycles. The number of phenols is 1. The first-order valence-electron chi connectivity index (χ1n) is 12.5. The van der Waals surface area contributed by atoms with E-state index in [1.165, 1.54) is 50.5 Å². The predicted octanol–water partition coefficient (Wildman–Crippen LogP) is 4.38. The first-order valence-corrected chi connectivity index (χ1v) is 12.5. The van der Waals surface area contributed by atoms with Crippen LogP contribution in [0.15, 0.2) is 24.3 Å². The highest BCUT2D eigenvalue weighted by atomic mass is 16.4. The number of piperidine rings is 1. The van der Waals surface area contributed by atoms with Crippen molar-refractivity contribution in [2.75, 3.05) is 19.6 Å². The predicted molar refractivity (Wildman–Crippen MR) is 124 cm³/mol. The van der Waals surface area contributed by atoms with Crippen LogP contribution in [0.5, 0.6) is 5.75 Å². The van der Waals surface area contributed by atoms with Gasteiger partial charge in [0.05, 0.1) is 6.42 Å². The van der Waals surface area contributed by atoms with E-state index in [4.69, 9.17) is 5.11 Å². The average molecular weight is 443 g/mol. The number of benzene rings is 1. The molecule has 0 spiro atoms. The summed E-state index contributed by atoms with van der Waals surface area (Å²) < 4.78 is 0. The topological polar surface area (TPSA) is 81.1 Å². The normalized spacial score (nSPS) is 26.2. The number of rotatable bonds is 9. The number of carboxylic acids is 1. The molecule has 32 heavy (non-hydrogen) atoms. The van der Waals surface area contributed by atoms with Gasteiger partial charge in [-0.2, -0.15) is 0 Å². The summed E-state index contributed by atoms with van der Waals surface area (Å²) in [6, 6.07) is 8.78. The van der Waals surface area contributed by atoms with Crippen molar-refractivity contribution in [3.8, 4) is 5.75 Å². The van der Waals surface area contributed by atoms with E-state index < -0.39 is 5.97 Å². The Bertz CT molecular complexity index is 778.